The fraction of sp³-hybridized carbons (Fsp3) is 0.556. The molecule has 9 heteroatoms. The maximum Gasteiger partial charge on any atom is 0.268 e. The molecule has 1 saturated carbocycles. The number of anilines is 3. The quantitative estimate of drug-likeness (QED) is 0.576. The lowest BCUT2D eigenvalue weighted by molar-refractivity contribution is 0.0833. The monoisotopic (exact) mass is 488 g/mol. The lowest BCUT2D eigenvalue weighted by Gasteiger charge is -2.43. The summed E-state index contributed by atoms with van der Waals surface area (Å²) in [5.74, 6) is 1.18. The van der Waals surface area contributed by atoms with Gasteiger partial charge in [-0.05, 0) is 51.8 Å². The Bertz CT molecular complexity index is 1260. The third kappa shape index (κ3) is 3.99. The van der Waals surface area contributed by atoms with Crippen molar-refractivity contribution in [3.8, 4) is 0 Å². The van der Waals surface area contributed by atoms with Crippen molar-refractivity contribution in [2.24, 2.45) is 0 Å². The summed E-state index contributed by atoms with van der Waals surface area (Å²) in [6.07, 6.45) is 9.45. The smallest absolute Gasteiger partial charge is 0.268 e. The van der Waals surface area contributed by atoms with E-state index in [-0.39, 0.29) is 11.4 Å². The summed E-state index contributed by atoms with van der Waals surface area (Å²) in [5, 5.41) is 7.30. The van der Waals surface area contributed by atoms with Gasteiger partial charge in [-0.1, -0.05) is 19.3 Å². The van der Waals surface area contributed by atoms with Crippen molar-refractivity contribution >= 4 is 34.4 Å². The Kier molecular flexibility index (Phi) is 5.82. The normalized spacial score (nSPS) is 22.2. The molecule has 0 aromatic carbocycles. The topological polar surface area (TPSA) is 91.2 Å². The van der Waals surface area contributed by atoms with E-state index in [1.807, 2.05) is 24.5 Å². The molecule has 0 bridgehead atoms. The van der Waals surface area contributed by atoms with Gasteiger partial charge in [-0.3, -0.25) is 9.69 Å². The largest absolute Gasteiger partial charge is 0.367 e. The molecule has 9 nitrogen and oxygen atoms in total. The van der Waals surface area contributed by atoms with Crippen molar-refractivity contribution in [2.75, 3.05) is 36.4 Å². The minimum atomic E-state index is -0.0918. The number of amides is 1. The van der Waals surface area contributed by atoms with E-state index in [4.69, 9.17) is 4.98 Å². The maximum atomic E-state index is 12.7. The second kappa shape index (κ2) is 9.03. The van der Waals surface area contributed by atoms with Gasteiger partial charge in [-0.25, -0.2) is 9.97 Å². The molecule has 2 N–H and O–H groups in total. The fourth-order valence-corrected chi connectivity index (χ4v) is 6.46. The number of nitrogens with zero attached hydrogens (tertiary/aromatic N) is 6. The predicted molar refractivity (Wildman–Crippen MR) is 142 cm³/mol. The zero-order valence-corrected chi connectivity index (χ0v) is 21.5. The van der Waals surface area contributed by atoms with Gasteiger partial charge in [0.05, 0.1) is 17.4 Å². The van der Waals surface area contributed by atoms with Crippen molar-refractivity contribution < 1.29 is 4.79 Å². The molecule has 1 amide bonds. The van der Waals surface area contributed by atoms with Gasteiger partial charge in [0.2, 0.25) is 5.95 Å². The molecule has 0 radical (unpaired) electrons. The van der Waals surface area contributed by atoms with Crippen molar-refractivity contribution in [1.82, 2.24) is 29.7 Å². The zero-order chi connectivity index (χ0) is 24.9. The second-order valence-corrected chi connectivity index (χ2v) is 11.0. The molecule has 3 aromatic heterocycles. The first-order chi connectivity index (χ1) is 17.4. The second-order valence-electron chi connectivity index (χ2n) is 11.0. The van der Waals surface area contributed by atoms with Crippen LogP contribution in [0.25, 0.3) is 11.0 Å². The Morgan fingerprint density at radius 1 is 1.11 bits per heavy atom. The first kappa shape index (κ1) is 23.2. The van der Waals surface area contributed by atoms with Crippen LogP contribution in [0, 0.1) is 0 Å². The minimum Gasteiger partial charge on any atom is -0.367 e. The SMILES string of the molecule is CC(C)N1CCN(c2ccc(Nc3ncc4cc5n(c4n3)C3(CCCCC3)CNC5=O)nc2)C[C@@H]1C. The van der Waals surface area contributed by atoms with Gasteiger partial charge in [-0.2, -0.15) is 4.98 Å². The Morgan fingerprint density at radius 2 is 1.94 bits per heavy atom. The van der Waals surface area contributed by atoms with Crippen LogP contribution in [0.2, 0.25) is 0 Å². The Hall–Kier alpha value is -3.20. The van der Waals surface area contributed by atoms with Gasteiger partial charge >= 0.3 is 0 Å². The van der Waals surface area contributed by atoms with Crippen molar-refractivity contribution in [3.05, 3.63) is 36.3 Å². The van der Waals surface area contributed by atoms with E-state index < -0.39 is 0 Å². The number of hydrogen-bond acceptors (Lipinski definition) is 7. The van der Waals surface area contributed by atoms with Gasteiger partial charge in [0.25, 0.3) is 5.91 Å². The molecule has 36 heavy (non-hydrogen) atoms. The number of fused-ring (bicyclic) bond motifs is 4. The Labute approximate surface area is 212 Å². The summed E-state index contributed by atoms with van der Waals surface area (Å²) in [5.41, 5.74) is 2.57. The Balaban J connectivity index is 1.24. The average molecular weight is 489 g/mol. The molecule has 2 fully saturated rings. The van der Waals surface area contributed by atoms with Crippen LogP contribution in [0.1, 0.15) is 63.4 Å². The minimum absolute atomic E-state index is 0.0282. The maximum absolute atomic E-state index is 12.7. The molecule has 3 aromatic rings. The summed E-state index contributed by atoms with van der Waals surface area (Å²) >= 11 is 0. The van der Waals surface area contributed by atoms with E-state index in [2.05, 4.69) is 61.8 Å². The molecular weight excluding hydrogens is 452 g/mol. The Morgan fingerprint density at radius 3 is 2.67 bits per heavy atom. The molecule has 0 unspecified atom stereocenters. The predicted octanol–water partition coefficient (Wildman–Crippen LogP) is 3.89. The van der Waals surface area contributed by atoms with Crippen LogP contribution >= 0.6 is 0 Å². The van der Waals surface area contributed by atoms with Crippen LogP contribution in [0.5, 0.6) is 0 Å². The van der Waals surface area contributed by atoms with E-state index >= 15 is 0 Å². The van der Waals surface area contributed by atoms with Gasteiger partial charge < -0.3 is 20.1 Å². The number of piperazine rings is 1. The lowest BCUT2D eigenvalue weighted by atomic mass is 9.80. The number of nitrogens with one attached hydrogen (secondary N) is 2. The summed E-state index contributed by atoms with van der Waals surface area (Å²) in [4.78, 5) is 31.7. The van der Waals surface area contributed by atoms with Crippen LogP contribution in [-0.2, 0) is 5.54 Å². The molecule has 1 aliphatic carbocycles. The van der Waals surface area contributed by atoms with Crippen LogP contribution in [0.15, 0.2) is 30.6 Å². The first-order valence-corrected chi connectivity index (χ1v) is 13.3. The molecule has 3 aliphatic rings. The lowest BCUT2D eigenvalue weighted by Crippen LogP contribution is -2.54. The first-order valence-electron chi connectivity index (χ1n) is 13.3. The van der Waals surface area contributed by atoms with Gasteiger partial charge in [0.15, 0.2) is 0 Å². The number of rotatable bonds is 4. The highest BCUT2D eigenvalue weighted by Crippen LogP contribution is 2.40. The van der Waals surface area contributed by atoms with E-state index in [1.54, 1.807) is 0 Å². The van der Waals surface area contributed by atoms with E-state index in [1.165, 1.54) is 19.3 Å². The van der Waals surface area contributed by atoms with Crippen molar-refractivity contribution in [2.45, 2.75) is 70.5 Å². The molecular formula is C27H36N8O. The number of carbonyl (C=O) groups is 1. The van der Waals surface area contributed by atoms with Gasteiger partial charge in [0, 0.05) is 49.8 Å². The van der Waals surface area contributed by atoms with Gasteiger partial charge in [0.1, 0.15) is 17.2 Å². The molecule has 2 aliphatic heterocycles. The molecule has 1 saturated heterocycles. The van der Waals surface area contributed by atoms with Crippen molar-refractivity contribution in [3.63, 3.8) is 0 Å². The average Bonchev–Trinajstić information content (AvgIpc) is 3.28. The molecule has 190 valence electrons. The van der Waals surface area contributed by atoms with E-state index in [9.17, 15) is 4.79 Å². The van der Waals surface area contributed by atoms with Gasteiger partial charge in [-0.15, -0.1) is 0 Å². The highest BCUT2D eigenvalue weighted by molar-refractivity contribution is 5.99. The third-order valence-corrected chi connectivity index (χ3v) is 8.31. The number of aromatic nitrogens is 4. The highest BCUT2D eigenvalue weighted by atomic mass is 16.2. The van der Waals surface area contributed by atoms with Crippen LogP contribution in [-0.4, -0.2) is 68.6 Å². The number of pyridine rings is 1. The molecule has 6 rings (SSSR count). The van der Waals surface area contributed by atoms with Crippen LogP contribution in [0.3, 0.4) is 0 Å². The van der Waals surface area contributed by atoms with Crippen LogP contribution in [0.4, 0.5) is 17.5 Å². The highest BCUT2D eigenvalue weighted by Gasteiger charge is 2.41. The summed E-state index contributed by atoms with van der Waals surface area (Å²) in [6, 6.07) is 7.12. The molecule has 1 spiro atoms. The number of hydrogen-bond donors (Lipinski definition) is 2. The molecule has 1 atom stereocenters. The van der Waals surface area contributed by atoms with Crippen molar-refractivity contribution in [1.29, 1.82) is 0 Å². The summed E-state index contributed by atoms with van der Waals surface area (Å²) in [6.45, 7) is 10.6. The third-order valence-electron chi connectivity index (χ3n) is 8.31. The summed E-state index contributed by atoms with van der Waals surface area (Å²) in [7, 11) is 0. The standard InChI is InChI=1S/C27H36N8O/c1-18(2)34-12-11-33(16-19(34)3)21-7-8-23(28-15-21)31-26-29-14-20-13-22-25(36)30-17-27(9-5-4-6-10-27)35(22)24(20)32-26/h7-8,13-15,18-19H,4-6,9-12,16-17H2,1-3H3,(H,30,36)(H,28,29,31,32)/t19-/m0/s1. The van der Waals surface area contributed by atoms with E-state index in [0.29, 0.717) is 36.1 Å². The number of carbonyl (C=O) groups excluding carboxylic acids is 1. The van der Waals surface area contributed by atoms with E-state index in [0.717, 1.165) is 49.2 Å². The zero-order valence-electron chi connectivity index (χ0n) is 21.5. The van der Waals surface area contributed by atoms with Crippen LogP contribution < -0.4 is 15.5 Å². The fourth-order valence-electron chi connectivity index (χ4n) is 6.46. The molecule has 5 heterocycles. The summed E-state index contributed by atoms with van der Waals surface area (Å²) < 4.78 is 2.20.